The van der Waals surface area contributed by atoms with E-state index in [1.54, 1.807) is 6.33 Å². The lowest BCUT2D eigenvalue weighted by molar-refractivity contribution is -0.136. The van der Waals surface area contributed by atoms with Crippen molar-refractivity contribution in [3.8, 4) is 0 Å². The number of hydrogen-bond donors (Lipinski definition) is 0. The van der Waals surface area contributed by atoms with E-state index in [0.29, 0.717) is 12.5 Å². The third-order valence-corrected chi connectivity index (χ3v) is 8.45. The Bertz CT molecular complexity index is 1260. The molecule has 2 aromatic heterocycles. The molecule has 8 nitrogen and oxygen atoms in total. The van der Waals surface area contributed by atoms with Crippen LogP contribution in [-0.2, 0) is 17.8 Å². The van der Waals surface area contributed by atoms with E-state index in [-0.39, 0.29) is 5.92 Å². The first-order valence-corrected chi connectivity index (χ1v) is 13.6. The summed E-state index contributed by atoms with van der Waals surface area (Å²) in [4.78, 5) is 34.7. The Morgan fingerprint density at radius 3 is 2.64 bits per heavy atom. The topological polar surface area (TPSA) is 70.4 Å². The summed E-state index contributed by atoms with van der Waals surface area (Å²) in [6, 6.07) is 6.50. The second-order valence-electron chi connectivity index (χ2n) is 10.7. The lowest BCUT2D eigenvalue weighted by Gasteiger charge is -2.40. The second-order valence-corrected chi connectivity index (χ2v) is 10.7. The molecule has 2 saturated heterocycles. The fraction of sp³-hybridized carbons (Fsp3) is 0.571. The van der Waals surface area contributed by atoms with Gasteiger partial charge in [-0.15, -0.1) is 0 Å². The number of anilines is 2. The molecule has 0 spiro atoms. The van der Waals surface area contributed by atoms with Crippen molar-refractivity contribution in [2.75, 3.05) is 49.1 Å². The van der Waals surface area contributed by atoms with Crippen LogP contribution in [0, 0.1) is 19.8 Å². The molecule has 0 radical (unpaired) electrons. The zero-order valence-corrected chi connectivity index (χ0v) is 21.6. The van der Waals surface area contributed by atoms with Crippen LogP contribution in [0.1, 0.15) is 49.1 Å². The Balaban J connectivity index is 1.15. The number of aromatic nitrogens is 4. The Morgan fingerprint density at radius 2 is 1.78 bits per heavy atom. The highest BCUT2D eigenvalue weighted by atomic mass is 16.2. The third-order valence-electron chi connectivity index (χ3n) is 8.45. The molecule has 1 atom stereocenters. The van der Waals surface area contributed by atoms with Crippen LogP contribution in [0.15, 0.2) is 24.5 Å². The quantitative estimate of drug-likeness (QED) is 0.561. The predicted octanol–water partition coefficient (Wildman–Crippen LogP) is 3.73. The number of piperazine rings is 1. The molecule has 0 unspecified atom stereocenters. The smallest absolute Gasteiger partial charge is 0.227 e. The molecular weight excluding hydrogens is 450 g/mol. The van der Waals surface area contributed by atoms with E-state index in [9.17, 15) is 4.79 Å². The fourth-order valence-electron chi connectivity index (χ4n) is 6.23. The minimum Gasteiger partial charge on any atom is -0.368 e. The zero-order valence-electron chi connectivity index (χ0n) is 21.6. The number of fused-ring (bicyclic) bond motifs is 3. The van der Waals surface area contributed by atoms with Gasteiger partial charge in [0.25, 0.3) is 0 Å². The Morgan fingerprint density at radius 1 is 0.917 bits per heavy atom. The highest BCUT2D eigenvalue weighted by Crippen LogP contribution is 2.30. The average Bonchev–Trinajstić information content (AvgIpc) is 3.10. The molecule has 8 heteroatoms. The van der Waals surface area contributed by atoms with Crippen LogP contribution in [-0.4, -0.2) is 69.6 Å². The van der Waals surface area contributed by atoms with Crippen molar-refractivity contribution in [2.45, 2.75) is 58.9 Å². The van der Waals surface area contributed by atoms with Crippen LogP contribution in [0.5, 0.6) is 0 Å². The standard InChI is InChI=1S/C28H37N7O/c1-20-8-6-10-23(21(20)2)32-14-16-33(17-15-32)28(36)22-9-7-12-34(18-22)26-25-27(30-19-29-26)35-13-5-3-4-11-24(35)31-25/h6,8,10,19,22H,3-5,7,9,11-18H2,1-2H3/t22-/m1/s1. The Labute approximate surface area is 213 Å². The first-order chi connectivity index (χ1) is 17.6. The predicted molar refractivity (Wildman–Crippen MR) is 143 cm³/mol. The first kappa shape index (κ1) is 23.3. The van der Waals surface area contributed by atoms with Gasteiger partial charge in [-0.3, -0.25) is 4.79 Å². The molecule has 0 saturated carbocycles. The van der Waals surface area contributed by atoms with Gasteiger partial charge in [-0.25, -0.2) is 15.0 Å². The lowest BCUT2D eigenvalue weighted by Crippen LogP contribution is -2.52. The largest absolute Gasteiger partial charge is 0.368 e. The number of amides is 1. The molecule has 0 aliphatic carbocycles. The van der Waals surface area contributed by atoms with Crippen molar-refractivity contribution < 1.29 is 4.79 Å². The summed E-state index contributed by atoms with van der Waals surface area (Å²) in [5.74, 6) is 2.34. The van der Waals surface area contributed by atoms with Gasteiger partial charge in [0.05, 0.1) is 5.92 Å². The molecule has 2 fully saturated rings. The third kappa shape index (κ3) is 4.20. The summed E-state index contributed by atoms with van der Waals surface area (Å²) in [7, 11) is 0. The molecule has 190 valence electrons. The van der Waals surface area contributed by atoms with Crippen molar-refractivity contribution in [3.05, 3.63) is 41.5 Å². The summed E-state index contributed by atoms with van der Waals surface area (Å²) in [5.41, 5.74) is 5.82. The summed E-state index contributed by atoms with van der Waals surface area (Å²) in [5, 5.41) is 0. The first-order valence-electron chi connectivity index (χ1n) is 13.6. The summed E-state index contributed by atoms with van der Waals surface area (Å²) < 4.78 is 2.29. The van der Waals surface area contributed by atoms with Gasteiger partial charge < -0.3 is 19.3 Å². The summed E-state index contributed by atoms with van der Waals surface area (Å²) in [6.45, 7) is 10.3. The number of carbonyl (C=O) groups is 1. The van der Waals surface area contributed by atoms with Crippen molar-refractivity contribution in [2.24, 2.45) is 5.92 Å². The molecule has 5 heterocycles. The van der Waals surface area contributed by atoms with E-state index in [2.05, 4.69) is 61.3 Å². The second kappa shape index (κ2) is 9.71. The SMILES string of the molecule is Cc1cccc(N2CCN(C(=O)[C@@H]3CCCN(c4ncnc5c4nc4n5CCCCC4)C3)CC2)c1C. The van der Waals surface area contributed by atoms with Gasteiger partial charge in [0.1, 0.15) is 12.2 Å². The molecule has 1 aromatic carbocycles. The molecule has 6 rings (SSSR count). The van der Waals surface area contributed by atoms with Crippen molar-refractivity contribution in [1.29, 1.82) is 0 Å². The van der Waals surface area contributed by atoms with Gasteiger partial charge in [0, 0.05) is 57.9 Å². The van der Waals surface area contributed by atoms with Crippen LogP contribution in [0.25, 0.3) is 11.2 Å². The van der Waals surface area contributed by atoms with E-state index in [4.69, 9.17) is 4.98 Å². The maximum Gasteiger partial charge on any atom is 0.227 e. The van der Waals surface area contributed by atoms with E-state index < -0.39 is 0 Å². The minimum atomic E-state index is 0.0106. The number of rotatable bonds is 3. The molecule has 3 aromatic rings. The molecule has 3 aliphatic rings. The van der Waals surface area contributed by atoms with Crippen molar-refractivity contribution >= 4 is 28.6 Å². The van der Waals surface area contributed by atoms with Gasteiger partial charge >= 0.3 is 0 Å². The van der Waals surface area contributed by atoms with Crippen LogP contribution in [0.2, 0.25) is 0 Å². The van der Waals surface area contributed by atoms with E-state index in [1.165, 1.54) is 36.1 Å². The van der Waals surface area contributed by atoms with E-state index in [0.717, 1.165) is 81.3 Å². The van der Waals surface area contributed by atoms with E-state index in [1.807, 2.05) is 0 Å². The van der Waals surface area contributed by atoms with Gasteiger partial charge in [-0.2, -0.15) is 0 Å². The Hall–Kier alpha value is -3.16. The fourth-order valence-corrected chi connectivity index (χ4v) is 6.23. The molecule has 36 heavy (non-hydrogen) atoms. The average molecular weight is 488 g/mol. The minimum absolute atomic E-state index is 0.0106. The maximum absolute atomic E-state index is 13.6. The summed E-state index contributed by atoms with van der Waals surface area (Å²) >= 11 is 0. The maximum atomic E-state index is 13.6. The van der Waals surface area contributed by atoms with Gasteiger partial charge in [-0.1, -0.05) is 18.6 Å². The number of piperidine rings is 1. The number of benzene rings is 1. The molecule has 0 N–H and O–H groups in total. The van der Waals surface area contributed by atoms with Crippen molar-refractivity contribution in [1.82, 2.24) is 24.4 Å². The van der Waals surface area contributed by atoms with Crippen LogP contribution in [0.4, 0.5) is 11.5 Å². The Kier molecular flexibility index (Phi) is 6.27. The van der Waals surface area contributed by atoms with Gasteiger partial charge in [-0.05, 0) is 56.7 Å². The molecule has 1 amide bonds. The number of imidazole rings is 1. The summed E-state index contributed by atoms with van der Waals surface area (Å²) in [6.07, 6.45) is 8.23. The number of hydrogen-bond acceptors (Lipinski definition) is 6. The number of nitrogens with zero attached hydrogens (tertiary/aromatic N) is 7. The molecule has 3 aliphatic heterocycles. The highest BCUT2D eigenvalue weighted by Gasteiger charge is 2.33. The zero-order chi connectivity index (χ0) is 24.6. The molecular formula is C28H37N7O. The van der Waals surface area contributed by atoms with Crippen LogP contribution < -0.4 is 9.80 Å². The number of aryl methyl sites for hydroxylation is 3. The van der Waals surface area contributed by atoms with Crippen molar-refractivity contribution in [3.63, 3.8) is 0 Å². The number of carbonyl (C=O) groups excluding carboxylic acids is 1. The van der Waals surface area contributed by atoms with Gasteiger partial charge in [0.2, 0.25) is 5.91 Å². The monoisotopic (exact) mass is 487 g/mol. The lowest BCUT2D eigenvalue weighted by atomic mass is 9.96. The highest BCUT2D eigenvalue weighted by molar-refractivity contribution is 5.85. The molecule has 0 bridgehead atoms. The van der Waals surface area contributed by atoms with Crippen LogP contribution in [0.3, 0.4) is 0 Å². The van der Waals surface area contributed by atoms with E-state index >= 15 is 0 Å². The van der Waals surface area contributed by atoms with Crippen LogP contribution >= 0.6 is 0 Å². The van der Waals surface area contributed by atoms with Gasteiger partial charge in [0.15, 0.2) is 17.0 Å². The normalized spacial score (nSPS) is 20.9.